The van der Waals surface area contributed by atoms with Crippen LogP contribution in [0.3, 0.4) is 0 Å². The molecular formula is C31H38O3. The van der Waals surface area contributed by atoms with E-state index in [0.29, 0.717) is 13.2 Å². The maximum atomic E-state index is 6.43. The van der Waals surface area contributed by atoms with Gasteiger partial charge in [0.25, 0.3) is 0 Å². The van der Waals surface area contributed by atoms with E-state index in [1.54, 1.807) is 0 Å². The van der Waals surface area contributed by atoms with Crippen molar-refractivity contribution in [1.29, 1.82) is 0 Å². The number of hydrogen-bond donors (Lipinski definition) is 0. The first-order valence-electron chi connectivity index (χ1n) is 12.7. The molecule has 1 heterocycles. The minimum atomic E-state index is 0.272. The van der Waals surface area contributed by atoms with E-state index >= 15 is 0 Å². The Morgan fingerprint density at radius 2 is 1.15 bits per heavy atom. The fourth-order valence-electron chi connectivity index (χ4n) is 4.28. The van der Waals surface area contributed by atoms with E-state index in [9.17, 15) is 0 Å². The molecular weight excluding hydrogens is 420 g/mol. The van der Waals surface area contributed by atoms with Crippen LogP contribution in [0.5, 0.6) is 11.5 Å². The molecule has 4 aromatic rings. The standard InChI is InChI=1S/C27H26O3.2C2H6/c1-2-28-16-15-19-17-29-24-13-11-20-7-3-5-9-22(20)26(24)27-23-10-6-4-8-21(23)12-14-25(27)30-18-19;2*1-2/h3-14,19H,2,15-18H2,1H3;2*1-2H3. The molecule has 1 aliphatic rings. The van der Waals surface area contributed by atoms with Crippen LogP contribution in [0.4, 0.5) is 0 Å². The van der Waals surface area contributed by atoms with Crippen molar-refractivity contribution in [3.05, 3.63) is 72.8 Å². The van der Waals surface area contributed by atoms with E-state index in [4.69, 9.17) is 14.2 Å². The first kappa shape index (κ1) is 25.6. The van der Waals surface area contributed by atoms with Gasteiger partial charge in [-0.2, -0.15) is 0 Å². The molecule has 0 saturated heterocycles. The van der Waals surface area contributed by atoms with Gasteiger partial charge >= 0.3 is 0 Å². The highest BCUT2D eigenvalue weighted by Gasteiger charge is 2.22. The smallest absolute Gasteiger partial charge is 0.127 e. The molecule has 0 aromatic heterocycles. The molecule has 0 radical (unpaired) electrons. The Morgan fingerprint density at radius 3 is 1.62 bits per heavy atom. The van der Waals surface area contributed by atoms with Gasteiger partial charge in [-0.15, -0.1) is 0 Å². The molecule has 1 aliphatic heterocycles. The molecule has 0 bridgehead atoms. The van der Waals surface area contributed by atoms with Crippen LogP contribution in [0.1, 0.15) is 41.0 Å². The highest BCUT2D eigenvalue weighted by molar-refractivity contribution is 6.09. The molecule has 34 heavy (non-hydrogen) atoms. The average Bonchev–Trinajstić information content (AvgIpc) is 2.99. The highest BCUT2D eigenvalue weighted by atomic mass is 16.5. The Hall–Kier alpha value is -3.04. The predicted octanol–water partition coefficient (Wildman–Crippen LogP) is 8.53. The Balaban J connectivity index is 0.000000771. The second-order valence-corrected chi connectivity index (χ2v) is 7.79. The second-order valence-electron chi connectivity index (χ2n) is 7.79. The number of ether oxygens (including phenoxy) is 3. The third-order valence-corrected chi connectivity index (χ3v) is 5.86. The number of rotatable bonds is 4. The van der Waals surface area contributed by atoms with Gasteiger partial charge in [-0.25, -0.2) is 0 Å². The predicted molar refractivity (Wildman–Crippen MR) is 145 cm³/mol. The summed E-state index contributed by atoms with van der Waals surface area (Å²) in [5.74, 6) is 2.10. The fraction of sp³-hybridized carbons (Fsp3) is 0.355. The summed E-state index contributed by atoms with van der Waals surface area (Å²) in [6.07, 6.45) is 0.916. The maximum Gasteiger partial charge on any atom is 0.127 e. The number of benzene rings is 4. The van der Waals surface area contributed by atoms with Gasteiger partial charge in [0.05, 0.1) is 13.2 Å². The molecule has 4 aromatic carbocycles. The Labute approximate surface area is 204 Å². The Bertz CT molecular complexity index is 1090. The molecule has 0 fully saturated rings. The topological polar surface area (TPSA) is 27.7 Å². The third-order valence-electron chi connectivity index (χ3n) is 5.86. The van der Waals surface area contributed by atoms with Gasteiger partial charge < -0.3 is 14.2 Å². The summed E-state index contributed by atoms with van der Waals surface area (Å²) in [6, 6.07) is 25.5. The Kier molecular flexibility index (Phi) is 9.78. The van der Waals surface area contributed by atoms with Crippen LogP contribution in [-0.4, -0.2) is 26.4 Å². The van der Waals surface area contributed by atoms with Crippen molar-refractivity contribution in [1.82, 2.24) is 0 Å². The van der Waals surface area contributed by atoms with Crippen molar-refractivity contribution in [2.45, 2.75) is 41.0 Å². The van der Waals surface area contributed by atoms with E-state index in [-0.39, 0.29) is 5.92 Å². The average molecular weight is 459 g/mol. The van der Waals surface area contributed by atoms with Crippen LogP contribution >= 0.6 is 0 Å². The van der Waals surface area contributed by atoms with E-state index in [1.165, 1.54) is 21.5 Å². The van der Waals surface area contributed by atoms with Crippen molar-refractivity contribution >= 4 is 21.5 Å². The largest absolute Gasteiger partial charge is 0.492 e. The van der Waals surface area contributed by atoms with Crippen molar-refractivity contribution in [3.63, 3.8) is 0 Å². The van der Waals surface area contributed by atoms with Crippen LogP contribution in [0.2, 0.25) is 0 Å². The zero-order valence-corrected chi connectivity index (χ0v) is 21.3. The summed E-state index contributed by atoms with van der Waals surface area (Å²) in [7, 11) is 0. The highest BCUT2D eigenvalue weighted by Crippen LogP contribution is 2.46. The molecule has 0 spiro atoms. The van der Waals surface area contributed by atoms with Crippen LogP contribution in [0.15, 0.2) is 72.8 Å². The van der Waals surface area contributed by atoms with Gasteiger partial charge in [0, 0.05) is 30.3 Å². The maximum absolute atomic E-state index is 6.43. The van der Waals surface area contributed by atoms with Crippen molar-refractivity contribution in [2.75, 3.05) is 26.4 Å². The van der Waals surface area contributed by atoms with Crippen molar-refractivity contribution in [2.24, 2.45) is 5.92 Å². The zero-order valence-electron chi connectivity index (χ0n) is 21.3. The van der Waals surface area contributed by atoms with Crippen LogP contribution in [0, 0.1) is 5.92 Å². The van der Waals surface area contributed by atoms with Crippen LogP contribution in [0.25, 0.3) is 32.7 Å². The van der Waals surface area contributed by atoms with Gasteiger partial charge in [-0.1, -0.05) is 88.4 Å². The Morgan fingerprint density at radius 1 is 0.676 bits per heavy atom. The minimum Gasteiger partial charge on any atom is -0.492 e. The summed E-state index contributed by atoms with van der Waals surface area (Å²) < 4.78 is 18.4. The molecule has 3 nitrogen and oxygen atoms in total. The zero-order chi connectivity index (χ0) is 24.3. The molecule has 5 rings (SSSR count). The van der Waals surface area contributed by atoms with Gasteiger partial charge in [0.2, 0.25) is 0 Å². The van der Waals surface area contributed by atoms with Gasteiger partial charge in [-0.3, -0.25) is 0 Å². The van der Waals surface area contributed by atoms with Gasteiger partial charge in [0.15, 0.2) is 0 Å². The minimum absolute atomic E-state index is 0.272. The summed E-state index contributed by atoms with van der Waals surface area (Å²) in [4.78, 5) is 0. The molecule has 0 unspecified atom stereocenters. The lowest BCUT2D eigenvalue weighted by molar-refractivity contribution is 0.102. The van der Waals surface area contributed by atoms with E-state index in [1.807, 2.05) is 34.6 Å². The third kappa shape index (κ3) is 5.53. The summed E-state index contributed by atoms with van der Waals surface area (Å²) in [5.41, 5.74) is 2.23. The van der Waals surface area contributed by atoms with Crippen molar-refractivity contribution < 1.29 is 14.2 Å². The summed E-state index contributed by atoms with van der Waals surface area (Å²) >= 11 is 0. The summed E-state index contributed by atoms with van der Waals surface area (Å²) in [6.45, 7) is 12.7. The normalized spacial score (nSPS) is 12.9. The summed E-state index contributed by atoms with van der Waals surface area (Å²) in [5, 5.41) is 4.77. The van der Waals surface area contributed by atoms with Crippen molar-refractivity contribution in [3.8, 4) is 22.6 Å². The van der Waals surface area contributed by atoms with Gasteiger partial charge in [-0.05, 0) is 47.0 Å². The second kappa shape index (κ2) is 13.0. The van der Waals surface area contributed by atoms with E-state index < -0.39 is 0 Å². The molecule has 0 saturated carbocycles. The van der Waals surface area contributed by atoms with Crippen LogP contribution in [-0.2, 0) is 4.74 Å². The SMILES string of the molecule is CC.CC.CCOCCC1COc2ccc3ccccc3c2-c2c(ccc3ccccc23)OC1. The monoisotopic (exact) mass is 458 g/mol. The number of fused-ring (bicyclic) bond motifs is 7. The molecule has 3 heteroatoms. The first-order valence-corrected chi connectivity index (χ1v) is 12.7. The molecule has 0 aliphatic carbocycles. The molecule has 180 valence electrons. The first-order chi connectivity index (χ1) is 16.8. The lowest BCUT2D eigenvalue weighted by atomic mass is 9.92. The molecule has 0 N–H and O–H groups in total. The van der Waals surface area contributed by atoms with Gasteiger partial charge in [0.1, 0.15) is 11.5 Å². The number of hydrogen-bond acceptors (Lipinski definition) is 3. The fourth-order valence-corrected chi connectivity index (χ4v) is 4.28. The lowest BCUT2D eigenvalue weighted by Gasteiger charge is -2.17. The lowest BCUT2D eigenvalue weighted by Crippen LogP contribution is -2.21. The van der Waals surface area contributed by atoms with E-state index in [0.717, 1.165) is 42.3 Å². The van der Waals surface area contributed by atoms with E-state index in [2.05, 4.69) is 72.8 Å². The quantitative estimate of drug-likeness (QED) is 0.287. The molecule has 0 amide bonds. The molecule has 0 atom stereocenters. The van der Waals surface area contributed by atoms with Crippen LogP contribution < -0.4 is 9.47 Å².